The number of thioether (sulfide) groups is 1. The maximum atomic E-state index is 11.7. The van der Waals surface area contributed by atoms with Gasteiger partial charge in [0.1, 0.15) is 6.61 Å². The van der Waals surface area contributed by atoms with E-state index in [4.69, 9.17) is 4.74 Å². The Morgan fingerprint density at radius 1 is 1.31 bits per heavy atom. The number of Topliss-reactive ketones (excluding diaryl/α,β-unsaturated/α-hetero) is 1. The molecule has 0 fully saturated rings. The molecule has 0 spiro atoms. The molecular weight excluding hydrogens is 220 g/mol. The van der Waals surface area contributed by atoms with Crippen molar-refractivity contribution in [2.75, 3.05) is 19.5 Å². The summed E-state index contributed by atoms with van der Waals surface area (Å²) in [5, 5.41) is 0. The molecule has 0 saturated carbocycles. The van der Waals surface area contributed by atoms with Gasteiger partial charge in [0.05, 0.1) is 0 Å². The summed E-state index contributed by atoms with van der Waals surface area (Å²) in [7, 11) is 0. The summed E-state index contributed by atoms with van der Waals surface area (Å²) in [4.78, 5) is 12.9. The van der Waals surface area contributed by atoms with E-state index in [1.54, 1.807) is 11.8 Å². The molecule has 88 valence electrons. The van der Waals surface area contributed by atoms with Crippen LogP contribution in [0, 0.1) is 5.92 Å². The van der Waals surface area contributed by atoms with Gasteiger partial charge in [0.2, 0.25) is 0 Å². The first-order valence-corrected chi connectivity index (χ1v) is 6.61. The van der Waals surface area contributed by atoms with Crippen molar-refractivity contribution < 1.29 is 9.53 Å². The molecule has 0 aromatic heterocycles. The molecule has 2 nitrogen and oxygen atoms in total. The number of hydrogen-bond donors (Lipinski definition) is 0. The second kappa shape index (κ2) is 6.71. The highest BCUT2D eigenvalue weighted by Crippen LogP contribution is 2.15. The van der Waals surface area contributed by atoms with E-state index in [0.717, 1.165) is 5.56 Å². The van der Waals surface area contributed by atoms with Gasteiger partial charge in [0.25, 0.3) is 0 Å². The Morgan fingerprint density at radius 3 is 2.44 bits per heavy atom. The van der Waals surface area contributed by atoms with E-state index in [2.05, 4.69) is 13.8 Å². The van der Waals surface area contributed by atoms with Crippen molar-refractivity contribution in [1.29, 1.82) is 0 Å². The molecule has 0 unspecified atom stereocenters. The molecule has 1 aromatic carbocycles. The highest BCUT2D eigenvalue weighted by Gasteiger charge is 2.06. The second-order valence-electron chi connectivity index (χ2n) is 4.06. The Morgan fingerprint density at radius 2 is 1.94 bits per heavy atom. The summed E-state index contributed by atoms with van der Waals surface area (Å²) < 4.78 is 5.31. The van der Waals surface area contributed by atoms with Crippen LogP contribution in [0.3, 0.4) is 0 Å². The Hall–Kier alpha value is -0.800. The van der Waals surface area contributed by atoms with E-state index in [0.29, 0.717) is 12.5 Å². The van der Waals surface area contributed by atoms with Crippen molar-refractivity contribution in [3.63, 3.8) is 0 Å². The maximum absolute atomic E-state index is 11.7. The molecule has 0 heterocycles. The lowest BCUT2D eigenvalue weighted by Gasteiger charge is -2.06. The average Bonchev–Trinajstić information content (AvgIpc) is 2.28. The highest BCUT2D eigenvalue weighted by atomic mass is 32.2. The first-order chi connectivity index (χ1) is 7.63. The lowest BCUT2D eigenvalue weighted by molar-refractivity contribution is 0.0705. The topological polar surface area (TPSA) is 26.3 Å². The summed E-state index contributed by atoms with van der Waals surface area (Å²) in [6, 6.07) is 7.63. The zero-order chi connectivity index (χ0) is 12.0. The van der Waals surface area contributed by atoms with E-state index in [1.807, 2.05) is 30.5 Å². The zero-order valence-electron chi connectivity index (χ0n) is 10.0. The van der Waals surface area contributed by atoms with Crippen molar-refractivity contribution in [2.24, 2.45) is 5.92 Å². The third-order valence-electron chi connectivity index (χ3n) is 2.10. The monoisotopic (exact) mass is 238 g/mol. The molecule has 0 aliphatic carbocycles. The van der Waals surface area contributed by atoms with Gasteiger partial charge in [-0.15, -0.1) is 11.8 Å². The molecule has 3 heteroatoms. The summed E-state index contributed by atoms with van der Waals surface area (Å²) >= 11 is 1.67. The van der Waals surface area contributed by atoms with E-state index in [1.165, 1.54) is 4.90 Å². The number of carbonyl (C=O) groups excluding carboxylic acids is 1. The van der Waals surface area contributed by atoms with Gasteiger partial charge in [0.15, 0.2) is 5.78 Å². The van der Waals surface area contributed by atoms with Crippen molar-refractivity contribution in [3.05, 3.63) is 29.8 Å². The Kier molecular flexibility index (Phi) is 5.56. The van der Waals surface area contributed by atoms with Crippen LogP contribution in [0.4, 0.5) is 0 Å². The molecule has 0 bridgehead atoms. The smallest absolute Gasteiger partial charge is 0.188 e. The van der Waals surface area contributed by atoms with Crippen LogP contribution in [0.1, 0.15) is 24.2 Å². The summed E-state index contributed by atoms with van der Waals surface area (Å²) in [6.45, 7) is 4.95. The van der Waals surface area contributed by atoms with Crippen LogP contribution in [0.25, 0.3) is 0 Å². The standard InChI is InChI=1S/C13H18O2S/c1-10(2)8-15-9-13(14)11-4-6-12(16-3)7-5-11/h4-7,10H,8-9H2,1-3H3. The lowest BCUT2D eigenvalue weighted by Crippen LogP contribution is -2.12. The lowest BCUT2D eigenvalue weighted by atomic mass is 10.1. The summed E-state index contributed by atoms with van der Waals surface area (Å²) in [5.41, 5.74) is 0.724. The summed E-state index contributed by atoms with van der Waals surface area (Å²) in [5.74, 6) is 0.514. The van der Waals surface area contributed by atoms with E-state index in [9.17, 15) is 4.79 Å². The normalized spacial score (nSPS) is 10.8. The maximum Gasteiger partial charge on any atom is 0.188 e. The average molecular weight is 238 g/mol. The predicted octanol–water partition coefficient (Wildman–Crippen LogP) is 3.26. The van der Waals surface area contributed by atoms with Gasteiger partial charge in [0, 0.05) is 17.1 Å². The molecule has 0 atom stereocenters. The largest absolute Gasteiger partial charge is 0.373 e. The number of hydrogen-bond acceptors (Lipinski definition) is 3. The van der Waals surface area contributed by atoms with Crippen LogP contribution in [0.15, 0.2) is 29.2 Å². The van der Waals surface area contributed by atoms with Gasteiger partial charge in [-0.1, -0.05) is 26.0 Å². The first kappa shape index (κ1) is 13.3. The van der Waals surface area contributed by atoms with Crippen LogP contribution >= 0.6 is 11.8 Å². The van der Waals surface area contributed by atoms with Gasteiger partial charge in [-0.25, -0.2) is 0 Å². The molecule has 0 aliphatic rings. The molecule has 0 amide bonds. The fraction of sp³-hybridized carbons (Fsp3) is 0.462. The SMILES string of the molecule is CSc1ccc(C(=O)COCC(C)C)cc1. The molecular formula is C13H18O2S. The van der Waals surface area contributed by atoms with Gasteiger partial charge >= 0.3 is 0 Å². The molecule has 1 rings (SSSR count). The van der Waals surface area contributed by atoms with Crippen LogP contribution in [0.5, 0.6) is 0 Å². The van der Waals surface area contributed by atoms with Crippen LogP contribution in [0.2, 0.25) is 0 Å². The van der Waals surface area contributed by atoms with Gasteiger partial charge in [-0.3, -0.25) is 4.79 Å². The summed E-state index contributed by atoms with van der Waals surface area (Å²) in [6.07, 6.45) is 2.02. The predicted molar refractivity (Wildman–Crippen MR) is 68.2 cm³/mol. The van der Waals surface area contributed by atoms with Crippen molar-refractivity contribution in [1.82, 2.24) is 0 Å². The highest BCUT2D eigenvalue weighted by molar-refractivity contribution is 7.98. The third kappa shape index (κ3) is 4.37. The van der Waals surface area contributed by atoms with Crippen molar-refractivity contribution in [2.45, 2.75) is 18.7 Å². The number of ether oxygens (including phenoxy) is 1. The zero-order valence-corrected chi connectivity index (χ0v) is 10.8. The fourth-order valence-corrected chi connectivity index (χ4v) is 1.66. The minimum absolute atomic E-state index is 0.0494. The molecule has 0 N–H and O–H groups in total. The van der Waals surface area contributed by atoms with E-state index < -0.39 is 0 Å². The molecule has 0 saturated heterocycles. The van der Waals surface area contributed by atoms with Crippen molar-refractivity contribution >= 4 is 17.5 Å². The molecule has 0 radical (unpaired) electrons. The van der Waals surface area contributed by atoms with E-state index >= 15 is 0 Å². The van der Waals surface area contributed by atoms with Gasteiger partial charge < -0.3 is 4.74 Å². The van der Waals surface area contributed by atoms with Crippen LogP contribution in [-0.4, -0.2) is 25.3 Å². The minimum Gasteiger partial charge on any atom is -0.373 e. The molecule has 1 aromatic rings. The van der Waals surface area contributed by atoms with Crippen LogP contribution in [-0.2, 0) is 4.74 Å². The number of ketones is 1. The number of benzene rings is 1. The van der Waals surface area contributed by atoms with Gasteiger partial charge in [-0.05, 0) is 24.3 Å². The van der Waals surface area contributed by atoms with Crippen LogP contribution < -0.4 is 0 Å². The second-order valence-corrected chi connectivity index (χ2v) is 4.94. The molecule has 0 aliphatic heterocycles. The fourth-order valence-electron chi connectivity index (χ4n) is 1.25. The van der Waals surface area contributed by atoms with E-state index in [-0.39, 0.29) is 12.4 Å². The Labute approximate surface area is 101 Å². The molecule has 16 heavy (non-hydrogen) atoms. The number of rotatable bonds is 6. The van der Waals surface area contributed by atoms with Gasteiger partial charge in [-0.2, -0.15) is 0 Å². The number of carbonyl (C=O) groups is 1. The van der Waals surface area contributed by atoms with Crippen molar-refractivity contribution in [3.8, 4) is 0 Å². The Balaban J connectivity index is 2.46. The quantitative estimate of drug-likeness (QED) is 0.562. The minimum atomic E-state index is 0.0494. The Bertz CT molecular complexity index is 330. The third-order valence-corrected chi connectivity index (χ3v) is 2.84. The first-order valence-electron chi connectivity index (χ1n) is 5.38.